The molecule has 0 saturated heterocycles. The summed E-state index contributed by atoms with van der Waals surface area (Å²) in [4.78, 5) is 10.4. The molecule has 0 bridgehead atoms. The number of hydrogen-bond donors (Lipinski definition) is 1. The number of nitrogens with zero attached hydrogens (tertiary/aromatic N) is 1. The molecule has 0 spiro atoms. The van der Waals surface area contributed by atoms with Gasteiger partial charge in [-0.3, -0.25) is 9.52 Å². The molecule has 0 unspecified atom stereocenters. The van der Waals surface area contributed by atoms with E-state index < -0.39 is 0 Å². The van der Waals surface area contributed by atoms with Crippen molar-refractivity contribution in [1.29, 1.82) is 5.26 Å². The molecule has 0 aliphatic heterocycles. The third-order valence-electron chi connectivity index (χ3n) is 0.674. The van der Waals surface area contributed by atoms with Gasteiger partial charge in [0.05, 0.1) is 6.07 Å². The van der Waals surface area contributed by atoms with E-state index in [2.05, 4.69) is 11.3 Å². The van der Waals surface area contributed by atoms with Gasteiger partial charge in [-0.2, -0.15) is 5.26 Å². The van der Waals surface area contributed by atoms with E-state index in [1.807, 2.05) is 6.07 Å². The summed E-state index contributed by atoms with van der Waals surface area (Å²) in [5.41, 5.74) is 0. The van der Waals surface area contributed by atoms with E-state index >= 15 is 0 Å². The van der Waals surface area contributed by atoms with Crippen LogP contribution in [0.15, 0.2) is 12.7 Å². The maximum atomic E-state index is 10.4. The molecule has 3 nitrogen and oxygen atoms in total. The van der Waals surface area contributed by atoms with E-state index in [0.29, 0.717) is 12.2 Å². The lowest BCUT2D eigenvalue weighted by atomic mass is 10.6. The maximum absolute atomic E-state index is 10.4. The Morgan fingerprint density at radius 3 is 3.10 bits per heavy atom. The van der Waals surface area contributed by atoms with Crippen LogP contribution in [0.1, 0.15) is 6.42 Å². The van der Waals surface area contributed by atoms with Gasteiger partial charge in [-0.25, -0.2) is 0 Å². The summed E-state index contributed by atoms with van der Waals surface area (Å²) in [6.45, 7) is 3.27. The smallest absolute Gasteiger partial charge is 0.253 e. The molecule has 0 radical (unpaired) electrons. The largest absolute Gasteiger partial charge is 0.297 e. The second-order valence-electron chi connectivity index (χ2n) is 1.43. The summed E-state index contributed by atoms with van der Waals surface area (Å²) < 4.78 is 2.48. The second-order valence-corrected chi connectivity index (χ2v) is 2.33. The molecular weight excluding hydrogens is 148 g/mol. The van der Waals surface area contributed by atoms with Crippen molar-refractivity contribution in [3.8, 4) is 6.07 Å². The molecule has 0 fully saturated rings. The Morgan fingerprint density at radius 2 is 2.60 bits per heavy atom. The van der Waals surface area contributed by atoms with Crippen molar-refractivity contribution in [2.75, 3.05) is 5.75 Å². The van der Waals surface area contributed by atoms with Crippen molar-refractivity contribution in [3.05, 3.63) is 12.7 Å². The number of hydrogen-bond acceptors (Lipinski definition) is 3. The first-order chi connectivity index (χ1) is 4.81. The van der Waals surface area contributed by atoms with Crippen LogP contribution in [0, 0.1) is 11.3 Å². The molecule has 0 aliphatic carbocycles. The van der Waals surface area contributed by atoms with Gasteiger partial charge >= 0.3 is 0 Å². The number of nitrogens with one attached hydrogen (secondary N) is 1. The maximum Gasteiger partial charge on any atom is 0.253 e. The molecule has 4 heteroatoms. The second kappa shape index (κ2) is 6.17. The Balaban J connectivity index is 3.13. The normalized spacial score (nSPS) is 7.90. The fraction of sp³-hybridized carbons (Fsp3) is 0.333. The minimum Gasteiger partial charge on any atom is -0.297 e. The van der Waals surface area contributed by atoms with Crippen LogP contribution >= 0.6 is 11.9 Å². The molecule has 1 amide bonds. The number of carbonyl (C=O) groups is 1. The lowest BCUT2D eigenvalue weighted by Crippen LogP contribution is -2.12. The van der Waals surface area contributed by atoms with Crippen molar-refractivity contribution in [1.82, 2.24) is 4.72 Å². The van der Waals surface area contributed by atoms with Gasteiger partial charge in [0.1, 0.15) is 0 Å². The molecule has 0 aromatic carbocycles. The third-order valence-corrected chi connectivity index (χ3v) is 1.43. The Kier molecular flexibility index (Phi) is 5.59. The predicted octanol–water partition coefficient (Wildman–Crippen LogP) is 0.850. The zero-order chi connectivity index (χ0) is 7.82. The van der Waals surface area contributed by atoms with Crippen LogP contribution in [0.4, 0.5) is 0 Å². The number of amides is 1. The highest BCUT2D eigenvalue weighted by atomic mass is 32.2. The Labute approximate surface area is 64.2 Å². The molecule has 1 N–H and O–H groups in total. The molecule has 0 aromatic rings. The van der Waals surface area contributed by atoms with Gasteiger partial charge in [-0.1, -0.05) is 6.58 Å². The predicted molar refractivity (Wildman–Crippen MR) is 41.0 cm³/mol. The van der Waals surface area contributed by atoms with E-state index in [4.69, 9.17) is 5.26 Å². The van der Waals surface area contributed by atoms with Crippen molar-refractivity contribution in [2.45, 2.75) is 6.42 Å². The molecule has 0 saturated carbocycles. The summed E-state index contributed by atoms with van der Waals surface area (Å²) >= 11 is 1.22. The van der Waals surface area contributed by atoms with Crippen LogP contribution in [-0.4, -0.2) is 11.7 Å². The lowest BCUT2D eigenvalue weighted by molar-refractivity contribution is -0.114. The first-order valence-electron chi connectivity index (χ1n) is 2.72. The standard InChI is InChI=1S/C6H8N2OS/c1-2-6(9)8-10-5-3-4-7/h2H,1,3,5H2,(H,8,9). The van der Waals surface area contributed by atoms with Gasteiger partial charge < -0.3 is 0 Å². The summed E-state index contributed by atoms with van der Waals surface area (Å²) in [5, 5.41) is 8.09. The minimum absolute atomic E-state index is 0.220. The van der Waals surface area contributed by atoms with Crippen LogP contribution in [-0.2, 0) is 4.79 Å². The van der Waals surface area contributed by atoms with E-state index in [9.17, 15) is 4.79 Å². The minimum atomic E-state index is -0.220. The molecular formula is C6H8N2OS. The van der Waals surface area contributed by atoms with Gasteiger partial charge in [-0.15, -0.1) is 0 Å². The summed E-state index contributed by atoms with van der Waals surface area (Å²) in [5.74, 6) is 0.402. The highest BCUT2D eigenvalue weighted by molar-refractivity contribution is 7.97. The zero-order valence-electron chi connectivity index (χ0n) is 5.46. The van der Waals surface area contributed by atoms with Crippen molar-refractivity contribution < 1.29 is 4.79 Å². The van der Waals surface area contributed by atoms with Crippen molar-refractivity contribution in [3.63, 3.8) is 0 Å². The highest BCUT2D eigenvalue weighted by Crippen LogP contribution is 1.94. The van der Waals surface area contributed by atoms with Crippen LogP contribution in [0.5, 0.6) is 0 Å². The number of rotatable bonds is 4. The zero-order valence-corrected chi connectivity index (χ0v) is 6.28. The first kappa shape index (κ1) is 9.05. The highest BCUT2D eigenvalue weighted by Gasteiger charge is 1.91. The van der Waals surface area contributed by atoms with E-state index in [1.165, 1.54) is 18.0 Å². The topological polar surface area (TPSA) is 52.9 Å². The van der Waals surface area contributed by atoms with Gasteiger partial charge in [0, 0.05) is 12.2 Å². The van der Waals surface area contributed by atoms with E-state index in [0.717, 1.165) is 0 Å². The Morgan fingerprint density at radius 1 is 1.90 bits per heavy atom. The quantitative estimate of drug-likeness (QED) is 0.373. The molecule has 54 valence electrons. The SMILES string of the molecule is C=CC(=O)NSCCC#N. The first-order valence-corrected chi connectivity index (χ1v) is 3.71. The average molecular weight is 156 g/mol. The summed E-state index contributed by atoms with van der Waals surface area (Å²) in [6, 6.07) is 1.96. The van der Waals surface area contributed by atoms with E-state index in [1.54, 1.807) is 0 Å². The van der Waals surface area contributed by atoms with Crippen LogP contribution in [0.3, 0.4) is 0 Å². The number of nitriles is 1. The number of carbonyl (C=O) groups excluding carboxylic acids is 1. The molecule has 0 aliphatic rings. The fourth-order valence-electron chi connectivity index (χ4n) is 0.261. The summed E-state index contributed by atoms with van der Waals surface area (Å²) in [6.07, 6.45) is 1.64. The third kappa shape index (κ3) is 5.19. The lowest BCUT2D eigenvalue weighted by Gasteiger charge is -1.95. The van der Waals surface area contributed by atoms with Crippen LogP contribution in [0.25, 0.3) is 0 Å². The van der Waals surface area contributed by atoms with E-state index in [-0.39, 0.29) is 5.91 Å². The fourth-order valence-corrected chi connectivity index (χ4v) is 0.782. The van der Waals surface area contributed by atoms with Crippen LogP contribution < -0.4 is 4.72 Å². The molecule has 10 heavy (non-hydrogen) atoms. The molecule has 0 aromatic heterocycles. The average Bonchev–Trinajstić information content (AvgIpc) is 1.98. The monoisotopic (exact) mass is 156 g/mol. The van der Waals surface area contributed by atoms with Crippen molar-refractivity contribution in [2.24, 2.45) is 0 Å². The molecule has 0 rings (SSSR count). The summed E-state index contributed by atoms with van der Waals surface area (Å²) in [7, 11) is 0. The van der Waals surface area contributed by atoms with Gasteiger partial charge in [0.25, 0.3) is 5.91 Å². The van der Waals surface area contributed by atoms with Crippen LogP contribution in [0.2, 0.25) is 0 Å². The van der Waals surface area contributed by atoms with Gasteiger partial charge in [0.2, 0.25) is 0 Å². The van der Waals surface area contributed by atoms with Gasteiger partial charge in [0.15, 0.2) is 0 Å². The Hall–Kier alpha value is -0.950. The van der Waals surface area contributed by atoms with Gasteiger partial charge in [-0.05, 0) is 18.0 Å². The Bertz CT molecular complexity index is 162. The van der Waals surface area contributed by atoms with Crippen molar-refractivity contribution >= 4 is 17.9 Å². The molecule has 0 heterocycles. The molecule has 0 atom stereocenters.